The highest BCUT2D eigenvalue weighted by atomic mass is 32.2. The molecule has 0 unspecified atom stereocenters. The summed E-state index contributed by atoms with van der Waals surface area (Å²) in [7, 11) is -3.59. The minimum Gasteiger partial charge on any atom is -0.369 e. The van der Waals surface area contributed by atoms with Crippen molar-refractivity contribution < 1.29 is 13.2 Å². The van der Waals surface area contributed by atoms with Crippen molar-refractivity contribution in [2.24, 2.45) is 0 Å². The first-order chi connectivity index (χ1) is 15.9. The van der Waals surface area contributed by atoms with E-state index >= 15 is 0 Å². The summed E-state index contributed by atoms with van der Waals surface area (Å²) >= 11 is 0. The highest BCUT2D eigenvalue weighted by Crippen LogP contribution is 2.35. The number of benzene rings is 3. The molecule has 7 heteroatoms. The molecule has 1 atom stereocenters. The van der Waals surface area contributed by atoms with E-state index in [2.05, 4.69) is 4.90 Å². The van der Waals surface area contributed by atoms with Crippen LogP contribution < -0.4 is 9.80 Å². The number of sulfonamides is 1. The zero-order chi connectivity index (χ0) is 23.0. The summed E-state index contributed by atoms with van der Waals surface area (Å²) < 4.78 is 28.3. The Morgan fingerprint density at radius 2 is 1.48 bits per heavy atom. The number of fused-ring (bicyclic) bond motifs is 1. The lowest BCUT2D eigenvalue weighted by Crippen LogP contribution is -2.48. The fraction of sp³-hybridized carbons (Fsp3) is 0.269. The van der Waals surface area contributed by atoms with Gasteiger partial charge in [-0.1, -0.05) is 36.4 Å². The Balaban J connectivity index is 1.35. The van der Waals surface area contributed by atoms with Crippen LogP contribution >= 0.6 is 0 Å². The number of para-hydroxylation sites is 1. The number of rotatable bonds is 4. The van der Waals surface area contributed by atoms with E-state index in [0.29, 0.717) is 43.1 Å². The number of anilines is 2. The van der Waals surface area contributed by atoms with Gasteiger partial charge in [-0.05, 0) is 61.4 Å². The molecule has 3 aromatic rings. The van der Waals surface area contributed by atoms with Crippen LogP contribution in [-0.2, 0) is 16.4 Å². The Kier molecular flexibility index (Phi) is 5.68. The van der Waals surface area contributed by atoms with Crippen LogP contribution in [0.4, 0.5) is 11.4 Å². The zero-order valence-corrected chi connectivity index (χ0v) is 19.4. The summed E-state index contributed by atoms with van der Waals surface area (Å²) in [5, 5.41) is 0. The number of nitrogens with zero attached hydrogens (tertiary/aromatic N) is 3. The van der Waals surface area contributed by atoms with Gasteiger partial charge in [-0.3, -0.25) is 4.79 Å². The lowest BCUT2D eigenvalue weighted by molar-refractivity contribution is 0.0981. The van der Waals surface area contributed by atoms with Crippen LogP contribution in [0, 0.1) is 0 Å². The highest BCUT2D eigenvalue weighted by Gasteiger charge is 2.34. The molecule has 0 spiro atoms. The lowest BCUT2D eigenvalue weighted by Gasteiger charge is -2.35. The minimum atomic E-state index is -3.59. The normalized spacial score (nSPS) is 18.9. The van der Waals surface area contributed by atoms with E-state index in [0.717, 1.165) is 16.9 Å². The van der Waals surface area contributed by atoms with E-state index in [-0.39, 0.29) is 11.9 Å². The highest BCUT2D eigenvalue weighted by molar-refractivity contribution is 7.89. The van der Waals surface area contributed by atoms with Gasteiger partial charge in [0, 0.05) is 49.2 Å². The van der Waals surface area contributed by atoms with Gasteiger partial charge in [-0.25, -0.2) is 8.42 Å². The zero-order valence-electron chi connectivity index (χ0n) is 18.6. The molecule has 2 heterocycles. The van der Waals surface area contributed by atoms with E-state index in [1.54, 1.807) is 39.5 Å². The van der Waals surface area contributed by atoms with Gasteiger partial charge in [0.25, 0.3) is 5.91 Å². The molecule has 0 aromatic heterocycles. The van der Waals surface area contributed by atoms with Crippen LogP contribution in [0.1, 0.15) is 22.8 Å². The molecule has 0 saturated carbocycles. The molecule has 1 saturated heterocycles. The topological polar surface area (TPSA) is 60.9 Å². The number of carbonyl (C=O) groups is 1. The van der Waals surface area contributed by atoms with Gasteiger partial charge in [-0.15, -0.1) is 0 Å². The van der Waals surface area contributed by atoms with E-state index < -0.39 is 10.0 Å². The maximum Gasteiger partial charge on any atom is 0.258 e. The van der Waals surface area contributed by atoms with Gasteiger partial charge in [0.05, 0.1) is 4.90 Å². The van der Waals surface area contributed by atoms with Crippen molar-refractivity contribution in [3.05, 3.63) is 90.0 Å². The molecule has 0 N–H and O–H groups in total. The molecular formula is C26H27N3O3S. The van der Waals surface area contributed by atoms with Gasteiger partial charge in [0.2, 0.25) is 10.0 Å². The van der Waals surface area contributed by atoms with Gasteiger partial charge in [0.1, 0.15) is 0 Å². The molecule has 170 valence electrons. The van der Waals surface area contributed by atoms with Crippen molar-refractivity contribution in [2.45, 2.75) is 24.3 Å². The molecule has 2 aliphatic rings. The van der Waals surface area contributed by atoms with E-state index in [4.69, 9.17) is 0 Å². The summed E-state index contributed by atoms with van der Waals surface area (Å²) in [6, 6.07) is 24.4. The van der Waals surface area contributed by atoms with Crippen molar-refractivity contribution in [2.75, 3.05) is 36.0 Å². The Labute approximate surface area is 195 Å². The quantitative estimate of drug-likeness (QED) is 0.593. The first-order valence-corrected chi connectivity index (χ1v) is 12.7. The van der Waals surface area contributed by atoms with Crippen LogP contribution in [0.2, 0.25) is 0 Å². The lowest BCUT2D eigenvalue weighted by atomic mass is 10.1. The maximum absolute atomic E-state index is 13.4. The maximum atomic E-state index is 13.4. The van der Waals surface area contributed by atoms with Crippen LogP contribution in [0.15, 0.2) is 83.8 Å². The second kappa shape index (κ2) is 8.65. The summed E-state index contributed by atoms with van der Waals surface area (Å²) in [5.41, 5.74) is 3.44. The summed E-state index contributed by atoms with van der Waals surface area (Å²) in [6.45, 7) is 4.21. The molecule has 1 fully saturated rings. The van der Waals surface area contributed by atoms with Crippen molar-refractivity contribution in [1.82, 2.24) is 4.31 Å². The third kappa shape index (κ3) is 4.03. The van der Waals surface area contributed by atoms with Gasteiger partial charge < -0.3 is 9.80 Å². The predicted octanol–water partition coefficient (Wildman–Crippen LogP) is 3.79. The van der Waals surface area contributed by atoms with Gasteiger partial charge >= 0.3 is 0 Å². The van der Waals surface area contributed by atoms with Crippen LogP contribution in [-0.4, -0.2) is 50.9 Å². The van der Waals surface area contributed by atoms with Crippen molar-refractivity contribution in [3.8, 4) is 0 Å². The smallest absolute Gasteiger partial charge is 0.258 e. The number of piperazine rings is 1. The Bertz CT molecular complexity index is 1250. The molecule has 33 heavy (non-hydrogen) atoms. The summed E-state index contributed by atoms with van der Waals surface area (Å²) in [4.78, 5) is 17.4. The third-order valence-corrected chi connectivity index (χ3v) is 8.40. The van der Waals surface area contributed by atoms with Gasteiger partial charge in [0.15, 0.2) is 0 Å². The first kappa shape index (κ1) is 21.7. The van der Waals surface area contributed by atoms with Crippen LogP contribution in [0.25, 0.3) is 0 Å². The van der Waals surface area contributed by atoms with Gasteiger partial charge in [-0.2, -0.15) is 4.31 Å². The average molecular weight is 462 g/mol. The number of hydrogen-bond donors (Lipinski definition) is 0. The average Bonchev–Trinajstić information content (AvgIpc) is 3.19. The number of carbonyl (C=O) groups excluding carboxylic acids is 1. The molecule has 6 nitrogen and oxygen atoms in total. The van der Waals surface area contributed by atoms with Crippen LogP contribution in [0.3, 0.4) is 0 Å². The Morgan fingerprint density at radius 3 is 2.15 bits per heavy atom. The minimum absolute atomic E-state index is 0.0277. The molecular weight excluding hydrogens is 434 g/mol. The second-order valence-corrected chi connectivity index (χ2v) is 10.5. The molecule has 3 aromatic carbocycles. The fourth-order valence-corrected chi connectivity index (χ4v) is 6.25. The predicted molar refractivity (Wildman–Crippen MR) is 130 cm³/mol. The molecule has 1 amide bonds. The van der Waals surface area contributed by atoms with E-state index in [9.17, 15) is 13.2 Å². The van der Waals surface area contributed by atoms with Crippen molar-refractivity contribution in [1.29, 1.82) is 0 Å². The summed E-state index contributed by atoms with van der Waals surface area (Å²) in [6.07, 6.45) is 0.638. The van der Waals surface area contributed by atoms with Crippen molar-refractivity contribution >= 4 is 27.3 Å². The van der Waals surface area contributed by atoms with E-state index in [1.165, 1.54) is 0 Å². The van der Waals surface area contributed by atoms with Crippen LogP contribution in [0.5, 0.6) is 0 Å². The first-order valence-electron chi connectivity index (χ1n) is 11.3. The SMILES string of the molecule is C[C@@H]1Cc2cc(S(=O)(=O)N3CCN(c4ccccc4)CC3)ccc2N1C(=O)c1ccccc1. The molecule has 2 aliphatic heterocycles. The number of hydrogen-bond acceptors (Lipinski definition) is 4. The number of amides is 1. The third-order valence-electron chi connectivity index (χ3n) is 6.50. The molecule has 0 bridgehead atoms. The summed E-state index contributed by atoms with van der Waals surface area (Å²) in [5.74, 6) is -0.0607. The molecule has 0 radical (unpaired) electrons. The van der Waals surface area contributed by atoms with Crippen molar-refractivity contribution in [3.63, 3.8) is 0 Å². The Morgan fingerprint density at radius 1 is 0.848 bits per heavy atom. The Hall–Kier alpha value is -3.16. The standard InChI is InChI=1S/C26H27N3O3S/c1-20-18-22-19-24(12-13-25(22)29(20)26(30)21-8-4-2-5-9-21)33(31,32)28-16-14-27(15-17-28)23-10-6-3-7-11-23/h2-13,19-20H,14-18H2,1H3/t20-/m1/s1. The second-order valence-electron chi connectivity index (χ2n) is 8.61. The monoisotopic (exact) mass is 461 g/mol. The molecule has 5 rings (SSSR count). The largest absolute Gasteiger partial charge is 0.369 e. The van der Waals surface area contributed by atoms with E-state index in [1.807, 2.05) is 55.5 Å². The molecule has 0 aliphatic carbocycles. The fourth-order valence-electron chi connectivity index (χ4n) is 4.77.